The van der Waals surface area contributed by atoms with Crippen LogP contribution in [-0.4, -0.2) is 10.3 Å². The van der Waals surface area contributed by atoms with Crippen LogP contribution in [0.1, 0.15) is 25.8 Å². The molecule has 1 rings (SSSR count). The third-order valence-electron chi connectivity index (χ3n) is 2.27. The van der Waals surface area contributed by atoms with Crippen LogP contribution in [-0.2, 0) is 6.42 Å². The van der Waals surface area contributed by atoms with Gasteiger partial charge >= 0.3 is 0 Å². The summed E-state index contributed by atoms with van der Waals surface area (Å²) in [7, 11) is 0. The van der Waals surface area contributed by atoms with Crippen LogP contribution in [0.4, 0.5) is 0 Å². The lowest BCUT2D eigenvalue weighted by atomic mass is 10.0. The molecule has 1 aromatic rings. The van der Waals surface area contributed by atoms with Crippen LogP contribution in [0.5, 0.6) is 0 Å². The van der Waals surface area contributed by atoms with Crippen LogP contribution in [0, 0.1) is 0 Å². The molecule has 0 aliphatic heterocycles. The molecule has 1 atom stereocenters. The summed E-state index contributed by atoms with van der Waals surface area (Å²) in [5.74, 6) is 0. The topological polar surface area (TPSA) is 0 Å². The van der Waals surface area contributed by atoms with E-state index in [1.54, 1.807) is 0 Å². The van der Waals surface area contributed by atoms with Crippen molar-refractivity contribution in [1.82, 2.24) is 0 Å². The standard InChI is InChI=1S/C12H16Cl2/c1-12(2,14)11(13)9-8-10-6-4-3-5-7-10/h3-7,11H,8-9H2,1-2H3. The smallest absolute Gasteiger partial charge is 0.0553 e. The normalized spacial score (nSPS) is 14.0. The molecule has 78 valence electrons. The van der Waals surface area contributed by atoms with E-state index in [0.717, 1.165) is 12.8 Å². The first-order chi connectivity index (χ1) is 6.50. The van der Waals surface area contributed by atoms with Gasteiger partial charge in [-0.05, 0) is 32.3 Å². The maximum atomic E-state index is 6.17. The molecule has 0 N–H and O–H groups in total. The maximum absolute atomic E-state index is 6.17. The zero-order valence-corrected chi connectivity index (χ0v) is 10.1. The Hall–Kier alpha value is -0.200. The van der Waals surface area contributed by atoms with E-state index in [0.29, 0.717) is 0 Å². The molecule has 1 unspecified atom stereocenters. The van der Waals surface area contributed by atoms with Crippen molar-refractivity contribution in [2.45, 2.75) is 36.9 Å². The molecule has 0 spiro atoms. The van der Waals surface area contributed by atoms with Gasteiger partial charge in [0.15, 0.2) is 0 Å². The summed E-state index contributed by atoms with van der Waals surface area (Å²) < 4.78 is 0. The summed E-state index contributed by atoms with van der Waals surface area (Å²) in [4.78, 5) is -0.323. The highest BCUT2D eigenvalue weighted by atomic mass is 35.5. The van der Waals surface area contributed by atoms with Crippen molar-refractivity contribution in [2.24, 2.45) is 0 Å². The number of hydrogen-bond donors (Lipinski definition) is 0. The van der Waals surface area contributed by atoms with Gasteiger partial charge in [0.05, 0.1) is 10.3 Å². The Morgan fingerprint density at radius 2 is 1.79 bits per heavy atom. The van der Waals surface area contributed by atoms with E-state index in [1.807, 2.05) is 32.0 Å². The van der Waals surface area contributed by atoms with Gasteiger partial charge in [-0.2, -0.15) is 0 Å². The zero-order valence-electron chi connectivity index (χ0n) is 8.63. The number of rotatable bonds is 4. The summed E-state index contributed by atoms with van der Waals surface area (Å²) in [6.07, 6.45) is 1.91. The van der Waals surface area contributed by atoms with Gasteiger partial charge in [-0.1, -0.05) is 30.3 Å². The Morgan fingerprint density at radius 1 is 1.21 bits per heavy atom. The van der Waals surface area contributed by atoms with Crippen LogP contribution in [0.25, 0.3) is 0 Å². The minimum atomic E-state index is -0.323. The number of benzene rings is 1. The highest BCUT2D eigenvalue weighted by Gasteiger charge is 2.24. The monoisotopic (exact) mass is 230 g/mol. The molecule has 0 heterocycles. The van der Waals surface area contributed by atoms with Crippen LogP contribution in [0.3, 0.4) is 0 Å². The maximum Gasteiger partial charge on any atom is 0.0553 e. The predicted molar refractivity (Wildman–Crippen MR) is 64.3 cm³/mol. The summed E-state index contributed by atoms with van der Waals surface area (Å²) in [5.41, 5.74) is 1.32. The minimum Gasteiger partial charge on any atom is -0.121 e. The third-order valence-corrected chi connectivity index (χ3v) is 3.41. The fourth-order valence-corrected chi connectivity index (χ4v) is 1.50. The second-order valence-electron chi connectivity index (χ2n) is 4.06. The summed E-state index contributed by atoms with van der Waals surface area (Å²) in [5, 5.41) is 0.0179. The Bertz CT molecular complexity index is 261. The molecular weight excluding hydrogens is 215 g/mol. The Kier molecular flexibility index (Phi) is 4.28. The Morgan fingerprint density at radius 3 is 2.29 bits per heavy atom. The van der Waals surface area contributed by atoms with E-state index in [1.165, 1.54) is 5.56 Å². The molecule has 0 saturated carbocycles. The lowest BCUT2D eigenvalue weighted by Gasteiger charge is -2.22. The molecule has 1 aromatic carbocycles. The average molecular weight is 231 g/mol. The predicted octanol–water partition coefficient (Wildman–Crippen LogP) is 4.24. The van der Waals surface area contributed by atoms with Gasteiger partial charge in [0.1, 0.15) is 0 Å². The molecule has 0 nitrogen and oxygen atoms in total. The molecule has 0 radical (unpaired) electrons. The summed E-state index contributed by atoms with van der Waals surface area (Å²) in [6, 6.07) is 10.3. The molecule has 0 amide bonds. The van der Waals surface area contributed by atoms with Crippen molar-refractivity contribution in [3.8, 4) is 0 Å². The van der Waals surface area contributed by atoms with Crippen molar-refractivity contribution in [1.29, 1.82) is 0 Å². The Balaban J connectivity index is 2.42. The van der Waals surface area contributed by atoms with Crippen molar-refractivity contribution in [3.63, 3.8) is 0 Å². The largest absolute Gasteiger partial charge is 0.121 e. The van der Waals surface area contributed by atoms with E-state index in [2.05, 4.69) is 12.1 Å². The number of hydrogen-bond acceptors (Lipinski definition) is 0. The molecule has 0 fully saturated rings. The van der Waals surface area contributed by atoms with Gasteiger partial charge in [-0.3, -0.25) is 0 Å². The number of alkyl halides is 2. The van der Waals surface area contributed by atoms with E-state index in [9.17, 15) is 0 Å². The lowest BCUT2D eigenvalue weighted by molar-refractivity contribution is 0.601. The number of halogens is 2. The van der Waals surface area contributed by atoms with Crippen LogP contribution >= 0.6 is 23.2 Å². The molecule has 0 aromatic heterocycles. The van der Waals surface area contributed by atoms with Crippen molar-refractivity contribution < 1.29 is 0 Å². The van der Waals surface area contributed by atoms with Gasteiger partial charge < -0.3 is 0 Å². The SMILES string of the molecule is CC(C)(Cl)C(Cl)CCc1ccccc1. The minimum absolute atomic E-state index is 0.0179. The van der Waals surface area contributed by atoms with Gasteiger partial charge in [0.2, 0.25) is 0 Å². The van der Waals surface area contributed by atoms with Gasteiger partial charge in [-0.25, -0.2) is 0 Å². The summed E-state index contributed by atoms with van der Waals surface area (Å²) in [6.45, 7) is 3.91. The van der Waals surface area contributed by atoms with Crippen molar-refractivity contribution in [2.75, 3.05) is 0 Å². The van der Waals surface area contributed by atoms with Gasteiger partial charge in [-0.15, -0.1) is 23.2 Å². The second-order valence-corrected chi connectivity index (χ2v) is 5.56. The van der Waals surface area contributed by atoms with E-state index in [-0.39, 0.29) is 10.3 Å². The highest BCUT2D eigenvalue weighted by molar-refractivity contribution is 6.32. The lowest BCUT2D eigenvalue weighted by Crippen LogP contribution is -2.25. The first-order valence-corrected chi connectivity index (χ1v) is 5.68. The average Bonchev–Trinajstić information content (AvgIpc) is 2.14. The van der Waals surface area contributed by atoms with E-state index in [4.69, 9.17) is 23.2 Å². The highest BCUT2D eigenvalue weighted by Crippen LogP contribution is 2.26. The zero-order chi connectivity index (χ0) is 10.6. The fourth-order valence-electron chi connectivity index (χ4n) is 1.28. The van der Waals surface area contributed by atoms with Crippen molar-refractivity contribution >= 4 is 23.2 Å². The molecule has 0 aliphatic rings. The first kappa shape index (κ1) is 11.9. The van der Waals surface area contributed by atoms with Crippen LogP contribution < -0.4 is 0 Å². The summed E-state index contributed by atoms with van der Waals surface area (Å²) >= 11 is 12.3. The molecule has 2 heteroatoms. The molecule has 14 heavy (non-hydrogen) atoms. The molecule has 0 saturated heterocycles. The molecule has 0 aliphatic carbocycles. The first-order valence-electron chi connectivity index (χ1n) is 4.87. The molecular formula is C12H16Cl2. The van der Waals surface area contributed by atoms with E-state index < -0.39 is 0 Å². The van der Waals surface area contributed by atoms with Crippen LogP contribution in [0.2, 0.25) is 0 Å². The second kappa shape index (κ2) is 5.04. The van der Waals surface area contributed by atoms with Crippen LogP contribution in [0.15, 0.2) is 30.3 Å². The van der Waals surface area contributed by atoms with Gasteiger partial charge in [0.25, 0.3) is 0 Å². The number of aryl methyl sites for hydroxylation is 1. The van der Waals surface area contributed by atoms with E-state index >= 15 is 0 Å². The van der Waals surface area contributed by atoms with Gasteiger partial charge in [0, 0.05) is 0 Å². The van der Waals surface area contributed by atoms with Crippen molar-refractivity contribution in [3.05, 3.63) is 35.9 Å². The third kappa shape index (κ3) is 3.89. The fraction of sp³-hybridized carbons (Fsp3) is 0.500. The Labute approximate surface area is 96.2 Å². The molecule has 0 bridgehead atoms. The quantitative estimate of drug-likeness (QED) is 0.679.